The molecule has 2 aromatic carbocycles. The summed E-state index contributed by atoms with van der Waals surface area (Å²) in [6.07, 6.45) is -3.16. The van der Waals surface area contributed by atoms with Crippen LogP contribution >= 0.6 is 11.6 Å². The number of nitrogens with zero attached hydrogens (tertiary/aromatic N) is 2. The molecule has 0 aliphatic heterocycles. The van der Waals surface area contributed by atoms with Crippen LogP contribution in [0.3, 0.4) is 0 Å². The summed E-state index contributed by atoms with van der Waals surface area (Å²) in [5.74, 6) is -0.918. The highest BCUT2D eigenvalue weighted by Gasteiger charge is 2.35. The number of Topliss-reactive ketones (excluding diaryl/α,β-unsaturated/α-hetero) is 1. The van der Waals surface area contributed by atoms with Crippen molar-refractivity contribution in [2.75, 3.05) is 0 Å². The fourth-order valence-corrected chi connectivity index (χ4v) is 3.74. The van der Waals surface area contributed by atoms with Gasteiger partial charge in [-0.3, -0.25) is 9.79 Å². The van der Waals surface area contributed by atoms with Gasteiger partial charge in [-0.25, -0.2) is 0 Å². The molecular weight excluding hydrogens is 403 g/mol. The molecule has 4 nitrogen and oxygen atoms in total. The molecule has 29 heavy (non-hydrogen) atoms. The predicted molar refractivity (Wildman–Crippen MR) is 104 cm³/mol. The summed E-state index contributed by atoms with van der Waals surface area (Å²) in [6.45, 7) is 0. The zero-order valence-corrected chi connectivity index (χ0v) is 16.0. The van der Waals surface area contributed by atoms with Crippen molar-refractivity contribution in [1.82, 2.24) is 0 Å². The monoisotopic (exact) mass is 419 g/mol. The Hall–Kier alpha value is -2.69. The zero-order valence-electron chi connectivity index (χ0n) is 15.2. The summed E-state index contributed by atoms with van der Waals surface area (Å²) >= 11 is 6.24. The smallest absolute Gasteiger partial charge is 0.323 e. The van der Waals surface area contributed by atoms with E-state index in [1.807, 2.05) is 6.07 Å². The Balaban J connectivity index is 1.99. The second-order valence-corrected chi connectivity index (χ2v) is 7.23. The Morgan fingerprint density at radius 1 is 1.21 bits per heavy atom. The molecule has 0 radical (unpaired) electrons. The van der Waals surface area contributed by atoms with Crippen molar-refractivity contribution in [3.63, 3.8) is 0 Å². The number of aliphatic imine (C=N–C) groups is 1. The van der Waals surface area contributed by atoms with E-state index in [0.717, 1.165) is 12.1 Å². The number of nitriles is 1. The maximum absolute atomic E-state index is 13.0. The fourth-order valence-electron chi connectivity index (χ4n) is 3.44. The van der Waals surface area contributed by atoms with Crippen LogP contribution in [0.2, 0.25) is 5.02 Å². The number of benzene rings is 2. The Bertz CT molecular complexity index is 1010. The number of ketones is 1. The first-order valence-electron chi connectivity index (χ1n) is 8.93. The van der Waals surface area contributed by atoms with Crippen molar-refractivity contribution in [3.05, 3.63) is 64.2 Å². The van der Waals surface area contributed by atoms with E-state index in [0.29, 0.717) is 36.1 Å². The molecular formula is C21H17ClF3N3O. The second-order valence-electron chi connectivity index (χ2n) is 6.82. The summed E-state index contributed by atoms with van der Waals surface area (Å²) in [6, 6.07) is 10.4. The van der Waals surface area contributed by atoms with Gasteiger partial charge in [-0.2, -0.15) is 18.4 Å². The van der Waals surface area contributed by atoms with Crippen LogP contribution in [0.4, 0.5) is 18.9 Å². The summed E-state index contributed by atoms with van der Waals surface area (Å²) in [5.41, 5.74) is 6.94. The molecule has 2 unspecified atom stereocenters. The second kappa shape index (κ2) is 8.36. The summed E-state index contributed by atoms with van der Waals surface area (Å²) in [7, 11) is 0. The third-order valence-corrected chi connectivity index (χ3v) is 5.18. The van der Waals surface area contributed by atoms with E-state index < -0.39 is 23.7 Å². The van der Waals surface area contributed by atoms with Crippen LogP contribution in [-0.2, 0) is 11.0 Å². The maximum atomic E-state index is 13.0. The molecule has 0 amide bonds. The SMILES string of the molecule is N#Cc1ccc(C(N)C2C(=O)CCCC2=Nc2cccc(C(F)(F)F)c2)c(Cl)c1. The number of alkyl halides is 3. The van der Waals surface area contributed by atoms with Crippen molar-refractivity contribution in [1.29, 1.82) is 5.26 Å². The minimum atomic E-state index is -4.48. The average molecular weight is 420 g/mol. The molecule has 1 aliphatic rings. The van der Waals surface area contributed by atoms with Gasteiger partial charge in [0.2, 0.25) is 0 Å². The van der Waals surface area contributed by atoms with Gasteiger partial charge in [0.15, 0.2) is 0 Å². The van der Waals surface area contributed by atoms with E-state index in [2.05, 4.69) is 4.99 Å². The standard InChI is InChI=1S/C21H17ClF3N3O/c22-16-9-12(11-26)7-8-15(16)20(27)19-17(5-2-6-18(19)29)28-14-4-1-3-13(10-14)21(23,24)25/h1,3-4,7-10,19-20H,2,5-6,27H2. The van der Waals surface area contributed by atoms with Gasteiger partial charge in [-0.1, -0.05) is 23.7 Å². The zero-order chi connectivity index (χ0) is 21.2. The number of carbonyl (C=O) groups excluding carboxylic acids is 1. The summed E-state index contributed by atoms with van der Waals surface area (Å²) in [4.78, 5) is 17.0. The minimum Gasteiger partial charge on any atom is -0.323 e. The molecule has 0 spiro atoms. The van der Waals surface area contributed by atoms with Crippen LogP contribution in [0, 0.1) is 17.2 Å². The van der Waals surface area contributed by atoms with Crippen molar-refractivity contribution in [2.24, 2.45) is 16.6 Å². The predicted octanol–water partition coefficient (Wildman–Crippen LogP) is 5.37. The molecule has 2 atom stereocenters. The van der Waals surface area contributed by atoms with Gasteiger partial charge < -0.3 is 5.73 Å². The van der Waals surface area contributed by atoms with Gasteiger partial charge in [0.1, 0.15) is 5.78 Å². The lowest BCUT2D eigenvalue weighted by atomic mass is 9.78. The molecule has 2 aromatic rings. The van der Waals surface area contributed by atoms with Gasteiger partial charge in [0.25, 0.3) is 0 Å². The maximum Gasteiger partial charge on any atom is 0.416 e. The Morgan fingerprint density at radius 3 is 2.62 bits per heavy atom. The Kier molecular flexibility index (Phi) is 6.06. The van der Waals surface area contributed by atoms with Crippen molar-refractivity contribution >= 4 is 28.8 Å². The number of halogens is 4. The fraction of sp³-hybridized carbons (Fsp3) is 0.286. The molecule has 0 bridgehead atoms. The summed E-state index contributed by atoms with van der Waals surface area (Å²) < 4.78 is 38.9. The molecule has 1 saturated carbocycles. The molecule has 8 heteroatoms. The van der Waals surface area contributed by atoms with Crippen molar-refractivity contribution in [3.8, 4) is 6.07 Å². The largest absolute Gasteiger partial charge is 0.416 e. The number of hydrogen-bond donors (Lipinski definition) is 1. The number of rotatable bonds is 3. The lowest BCUT2D eigenvalue weighted by molar-refractivity contribution is -0.137. The van der Waals surface area contributed by atoms with Gasteiger partial charge in [-0.15, -0.1) is 0 Å². The first-order chi connectivity index (χ1) is 13.7. The quantitative estimate of drug-likeness (QED) is 0.726. The van der Waals surface area contributed by atoms with Crippen molar-refractivity contribution in [2.45, 2.75) is 31.5 Å². The Morgan fingerprint density at radius 2 is 1.97 bits per heavy atom. The van der Waals surface area contributed by atoms with Crippen LogP contribution in [0.5, 0.6) is 0 Å². The van der Waals surface area contributed by atoms with Crippen LogP contribution < -0.4 is 5.73 Å². The third kappa shape index (κ3) is 4.66. The normalized spacial score (nSPS) is 19.8. The van der Waals surface area contributed by atoms with E-state index in [1.54, 1.807) is 12.1 Å². The van der Waals surface area contributed by atoms with Crippen LogP contribution in [-0.4, -0.2) is 11.5 Å². The van der Waals surface area contributed by atoms with E-state index in [4.69, 9.17) is 22.6 Å². The minimum absolute atomic E-state index is 0.118. The Labute approximate surface area is 170 Å². The summed E-state index contributed by atoms with van der Waals surface area (Å²) in [5, 5.41) is 9.23. The highest BCUT2D eigenvalue weighted by molar-refractivity contribution is 6.31. The molecule has 150 valence electrons. The highest BCUT2D eigenvalue weighted by Crippen LogP contribution is 2.35. The molecule has 1 aliphatic carbocycles. The number of nitrogens with two attached hydrogens (primary N) is 1. The first-order valence-corrected chi connectivity index (χ1v) is 9.31. The van der Waals surface area contributed by atoms with Gasteiger partial charge in [0.05, 0.1) is 28.8 Å². The lowest BCUT2D eigenvalue weighted by Crippen LogP contribution is -2.37. The van der Waals surface area contributed by atoms with Crippen LogP contribution in [0.1, 0.15) is 42.0 Å². The highest BCUT2D eigenvalue weighted by atomic mass is 35.5. The van der Waals surface area contributed by atoms with Gasteiger partial charge in [-0.05, 0) is 48.7 Å². The lowest BCUT2D eigenvalue weighted by Gasteiger charge is -2.29. The van der Waals surface area contributed by atoms with E-state index in [1.165, 1.54) is 18.2 Å². The third-order valence-electron chi connectivity index (χ3n) is 4.86. The van der Waals surface area contributed by atoms with Crippen molar-refractivity contribution < 1.29 is 18.0 Å². The van der Waals surface area contributed by atoms with Gasteiger partial charge >= 0.3 is 6.18 Å². The van der Waals surface area contributed by atoms with E-state index >= 15 is 0 Å². The molecule has 3 rings (SSSR count). The van der Waals surface area contributed by atoms with Crippen LogP contribution in [0.25, 0.3) is 0 Å². The first kappa shape index (κ1) is 21.0. The number of carbonyl (C=O) groups is 1. The van der Waals surface area contributed by atoms with E-state index in [9.17, 15) is 18.0 Å². The number of hydrogen-bond acceptors (Lipinski definition) is 4. The molecule has 2 N–H and O–H groups in total. The van der Waals surface area contributed by atoms with Gasteiger partial charge in [0, 0.05) is 23.2 Å². The average Bonchev–Trinajstić information content (AvgIpc) is 2.67. The topological polar surface area (TPSA) is 79.2 Å². The van der Waals surface area contributed by atoms with E-state index in [-0.39, 0.29) is 16.5 Å². The molecule has 1 fully saturated rings. The molecule has 0 heterocycles. The van der Waals surface area contributed by atoms with Crippen LogP contribution in [0.15, 0.2) is 47.5 Å². The molecule has 0 saturated heterocycles. The molecule has 0 aromatic heterocycles.